The Morgan fingerprint density at radius 1 is 0.938 bits per heavy atom. The molecule has 9 heteroatoms. The highest BCUT2D eigenvalue weighted by Crippen LogP contribution is 2.46. The van der Waals surface area contributed by atoms with E-state index in [0.717, 1.165) is 12.8 Å². The molecule has 2 aliphatic rings. The summed E-state index contributed by atoms with van der Waals surface area (Å²) in [4.78, 5) is 51.9. The predicted octanol–water partition coefficient (Wildman–Crippen LogP) is 2.80. The topological polar surface area (TPSA) is 108 Å². The lowest BCUT2D eigenvalue weighted by Gasteiger charge is -2.52. The molecule has 0 N–H and O–H groups in total. The maximum absolute atomic E-state index is 13.2. The molecule has 1 heterocycles. The van der Waals surface area contributed by atoms with Gasteiger partial charge in [0.05, 0.1) is 21.3 Å². The van der Waals surface area contributed by atoms with Gasteiger partial charge in [0.1, 0.15) is 5.60 Å². The van der Waals surface area contributed by atoms with Gasteiger partial charge in [-0.1, -0.05) is 6.92 Å². The van der Waals surface area contributed by atoms with E-state index in [4.69, 9.17) is 18.9 Å². The van der Waals surface area contributed by atoms with Crippen LogP contribution in [0.25, 0.3) is 0 Å². The Kier molecular flexibility index (Phi) is 8.54. The van der Waals surface area contributed by atoms with Crippen molar-refractivity contribution in [3.8, 4) is 0 Å². The molecule has 1 saturated heterocycles. The van der Waals surface area contributed by atoms with E-state index in [2.05, 4.69) is 6.92 Å². The third-order valence-corrected chi connectivity index (χ3v) is 6.52. The van der Waals surface area contributed by atoms with Gasteiger partial charge in [-0.15, -0.1) is 0 Å². The summed E-state index contributed by atoms with van der Waals surface area (Å²) < 4.78 is 20.3. The second kappa shape index (κ2) is 10.5. The summed E-state index contributed by atoms with van der Waals surface area (Å²) in [5.41, 5.74) is -0.699. The standard InChI is InChI=1S/C23H37NO8/c1-13-8-14(11-18(25)29-5)16-10-15(19(20(26)30-6)21(27)31-7)12-24(17(16)9-13)22(28)32-23(2,3)4/h13-17,19H,8-12H2,1-7H3/t13-,14+,15-,16-,17+/m1/s1. The van der Waals surface area contributed by atoms with Crippen LogP contribution in [0, 0.1) is 29.6 Å². The molecule has 2 rings (SSSR count). The number of fused-ring (bicyclic) bond motifs is 1. The lowest BCUT2D eigenvalue weighted by atomic mass is 9.63. The second-order valence-electron chi connectivity index (χ2n) is 10.0. The molecule has 0 aromatic carbocycles. The summed E-state index contributed by atoms with van der Waals surface area (Å²) in [7, 11) is 3.79. The molecule has 9 nitrogen and oxygen atoms in total. The molecule has 1 saturated carbocycles. The van der Waals surface area contributed by atoms with Gasteiger partial charge in [-0.25, -0.2) is 4.79 Å². The summed E-state index contributed by atoms with van der Waals surface area (Å²) in [5.74, 6) is -3.22. The Bertz CT molecular complexity index is 699. The second-order valence-corrected chi connectivity index (χ2v) is 10.0. The highest BCUT2D eigenvalue weighted by atomic mass is 16.6. The van der Waals surface area contributed by atoms with Crippen molar-refractivity contribution in [1.29, 1.82) is 0 Å². The predicted molar refractivity (Wildman–Crippen MR) is 114 cm³/mol. The maximum Gasteiger partial charge on any atom is 0.410 e. The fourth-order valence-corrected chi connectivity index (χ4v) is 5.25. The Balaban J connectivity index is 2.45. The first-order chi connectivity index (χ1) is 14.9. The molecule has 1 aliphatic heterocycles. The van der Waals surface area contributed by atoms with Crippen LogP contribution in [0.2, 0.25) is 0 Å². The highest BCUT2D eigenvalue weighted by molar-refractivity contribution is 5.95. The van der Waals surface area contributed by atoms with Crippen molar-refractivity contribution in [2.24, 2.45) is 29.6 Å². The highest BCUT2D eigenvalue weighted by Gasteiger charge is 2.51. The van der Waals surface area contributed by atoms with Gasteiger partial charge in [0.25, 0.3) is 0 Å². The zero-order valence-corrected chi connectivity index (χ0v) is 20.2. The number of hydrogen-bond acceptors (Lipinski definition) is 8. The van der Waals surface area contributed by atoms with Crippen LogP contribution in [0.5, 0.6) is 0 Å². The number of likely N-dealkylation sites (tertiary alicyclic amines) is 1. The van der Waals surface area contributed by atoms with Gasteiger partial charge in [0.2, 0.25) is 0 Å². The van der Waals surface area contributed by atoms with Gasteiger partial charge in [0.15, 0.2) is 5.92 Å². The molecule has 1 aliphatic carbocycles. The van der Waals surface area contributed by atoms with Gasteiger partial charge in [-0.3, -0.25) is 14.4 Å². The average Bonchev–Trinajstić information content (AvgIpc) is 2.71. The lowest BCUT2D eigenvalue weighted by Crippen LogP contribution is -2.59. The zero-order chi connectivity index (χ0) is 24.2. The average molecular weight is 456 g/mol. The Morgan fingerprint density at radius 3 is 2.03 bits per heavy atom. The van der Waals surface area contributed by atoms with Gasteiger partial charge in [0, 0.05) is 24.9 Å². The number of esters is 3. The van der Waals surface area contributed by atoms with E-state index in [1.165, 1.54) is 21.3 Å². The minimum absolute atomic E-state index is 0.0418. The first-order valence-electron chi connectivity index (χ1n) is 11.1. The number of methoxy groups -OCH3 is 3. The number of nitrogens with zero attached hydrogens (tertiary/aromatic N) is 1. The smallest absolute Gasteiger partial charge is 0.410 e. The van der Waals surface area contributed by atoms with E-state index in [9.17, 15) is 19.2 Å². The number of hydrogen-bond donors (Lipinski definition) is 0. The summed E-state index contributed by atoms with van der Waals surface area (Å²) in [5, 5.41) is 0. The molecular weight excluding hydrogens is 418 g/mol. The Hall–Kier alpha value is -2.32. The van der Waals surface area contributed by atoms with Crippen molar-refractivity contribution in [3.63, 3.8) is 0 Å². The molecule has 0 radical (unpaired) electrons. The van der Waals surface area contributed by atoms with Gasteiger partial charge in [-0.05, 0) is 57.8 Å². The van der Waals surface area contributed by atoms with Gasteiger partial charge >= 0.3 is 24.0 Å². The zero-order valence-electron chi connectivity index (χ0n) is 20.2. The van der Waals surface area contributed by atoms with Crippen LogP contribution in [0.1, 0.15) is 53.4 Å². The fourth-order valence-electron chi connectivity index (χ4n) is 5.25. The molecule has 0 aromatic rings. The first kappa shape index (κ1) is 25.9. The number of carbonyl (C=O) groups is 4. The third kappa shape index (κ3) is 6.13. The van der Waals surface area contributed by atoms with E-state index in [0.29, 0.717) is 12.3 Å². The monoisotopic (exact) mass is 455 g/mol. The van der Waals surface area contributed by atoms with Crippen molar-refractivity contribution in [2.45, 2.75) is 65.0 Å². The van der Waals surface area contributed by atoms with Crippen LogP contribution in [0.4, 0.5) is 4.79 Å². The number of piperidine rings is 1. The Morgan fingerprint density at radius 2 is 1.53 bits per heavy atom. The van der Waals surface area contributed by atoms with E-state index in [1.807, 2.05) is 0 Å². The van der Waals surface area contributed by atoms with Crippen molar-refractivity contribution < 1.29 is 38.1 Å². The first-order valence-corrected chi connectivity index (χ1v) is 11.1. The normalized spacial score (nSPS) is 27.9. The maximum atomic E-state index is 13.2. The number of carbonyl (C=O) groups excluding carboxylic acids is 4. The SMILES string of the molecule is COC(=O)C[C@@H]1C[C@@H](C)C[C@H]2[C@@H]1C[C@@H](C(C(=O)OC)C(=O)OC)CN2C(=O)OC(C)(C)C. The van der Waals surface area contributed by atoms with Crippen LogP contribution < -0.4 is 0 Å². The molecule has 5 atom stereocenters. The van der Waals surface area contributed by atoms with Gasteiger partial charge in [-0.2, -0.15) is 0 Å². The minimum Gasteiger partial charge on any atom is -0.469 e. The summed E-state index contributed by atoms with van der Waals surface area (Å²) in [6.45, 7) is 7.64. The van der Waals surface area contributed by atoms with Crippen molar-refractivity contribution >= 4 is 24.0 Å². The van der Waals surface area contributed by atoms with E-state index >= 15 is 0 Å². The van der Waals surface area contributed by atoms with Crippen molar-refractivity contribution in [3.05, 3.63) is 0 Å². The quantitative estimate of drug-likeness (QED) is 0.354. The number of ether oxygens (including phenoxy) is 4. The molecule has 0 spiro atoms. The summed E-state index contributed by atoms with van der Waals surface area (Å²) in [6, 6.07) is -0.157. The molecular formula is C23H37NO8. The van der Waals surface area contributed by atoms with Crippen LogP contribution in [-0.4, -0.2) is 68.4 Å². The van der Waals surface area contributed by atoms with E-state index < -0.39 is 35.5 Å². The molecule has 1 amide bonds. The van der Waals surface area contributed by atoms with Gasteiger partial charge < -0.3 is 23.8 Å². The van der Waals surface area contributed by atoms with E-state index in [1.54, 1.807) is 25.7 Å². The van der Waals surface area contributed by atoms with Crippen LogP contribution in [0.15, 0.2) is 0 Å². The fraction of sp³-hybridized carbons (Fsp3) is 0.826. The number of rotatable bonds is 5. The molecule has 0 unspecified atom stereocenters. The van der Waals surface area contributed by atoms with Crippen LogP contribution in [-0.2, 0) is 33.3 Å². The minimum atomic E-state index is -1.16. The third-order valence-electron chi connectivity index (χ3n) is 6.52. The van der Waals surface area contributed by atoms with E-state index in [-0.39, 0.29) is 36.8 Å². The molecule has 0 aromatic heterocycles. The largest absolute Gasteiger partial charge is 0.469 e. The molecule has 0 bridgehead atoms. The molecule has 32 heavy (non-hydrogen) atoms. The van der Waals surface area contributed by atoms with Crippen molar-refractivity contribution in [2.75, 3.05) is 27.9 Å². The Labute approximate surface area is 190 Å². The summed E-state index contributed by atoms with van der Waals surface area (Å²) >= 11 is 0. The molecule has 2 fully saturated rings. The summed E-state index contributed by atoms with van der Waals surface area (Å²) in [6.07, 6.45) is 1.78. The van der Waals surface area contributed by atoms with Crippen LogP contribution in [0.3, 0.4) is 0 Å². The molecule has 182 valence electrons. The number of amides is 1. The van der Waals surface area contributed by atoms with Crippen molar-refractivity contribution in [1.82, 2.24) is 4.90 Å². The van der Waals surface area contributed by atoms with Crippen LogP contribution >= 0.6 is 0 Å². The lowest BCUT2D eigenvalue weighted by molar-refractivity contribution is -0.165.